The van der Waals surface area contributed by atoms with Crippen LogP contribution in [0.15, 0.2) is 130 Å². The zero-order valence-electron chi connectivity index (χ0n) is 83.1. The SMILES string of the molecule is CSCC[C@H](NC(=O)[C@H](CCCCN)NC(=O)[C@H](CCCNC(=N)N)NC(=O)[C@H](Cc1ccccc1)NC(=O)CNC(=O)[C@H](CO)NC(=O)[C@H](CCC(N)=O)NC(=O)[C@H](CC(C)C)NC(=O)[C@@H](NC(=O)[C@H](C)NC(=O)[C@H](CO)NC(=O)[C@@H](NC(=O)[C@H](CCCCN)NC(=O)c1ccc(N=Nc2ccc(N(C)C)cc2)cc1)[C@@H](C)O)C(C)C)C(=O)N[C@@H](CCC(=O)O)C(=O)NCCNc1cccc2c(S(=O)(=O)O)cccc12. The Bertz CT molecular complexity index is 5380. The molecule has 31 N–H and O–H groups in total. The van der Waals surface area contributed by atoms with Crippen LogP contribution in [0.3, 0.4) is 0 Å². The Labute approximate surface area is 850 Å². The molecule has 0 bridgehead atoms. The summed E-state index contributed by atoms with van der Waals surface area (Å²) in [5.74, 6) is -18.5. The molecule has 51 heteroatoms. The number of rotatable bonds is 66. The van der Waals surface area contributed by atoms with E-state index in [4.69, 9.17) is 28.3 Å². The van der Waals surface area contributed by atoms with Gasteiger partial charge in [0.2, 0.25) is 88.6 Å². The number of hydrogen-bond acceptors (Lipinski definition) is 30. The third kappa shape index (κ3) is 43.0. The lowest BCUT2D eigenvalue weighted by Gasteiger charge is -2.29. The third-order valence-corrected chi connectivity index (χ3v) is 24.2. The van der Waals surface area contributed by atoms with Crippen molar-refractivity contribution in [1.82, 2.24) is 85.1 Å². The molecule has 146 heavy (non-hydrogen) atoms. The van der Waals surface area contributed by atoms with E-state index in [1.165, 1.54) is 62.9 Å². The van der Waals surface area contributed by atoms with Gasteiger partial charge in [-0.1, -0.05) is 82.3 Å². The zero-order chi connectivity index (χ0) is 108. The van der Waals surface area contributed by atoms with E-state index in [1.54, 1.807) is 92.9 Å². The van der Waals surface area contributed by atoms with Crippen LogP contribution in [0.4, 0.5) is 22.7 Å². The summed E-state index contributed by atoms with van der Waals surface area (Å²) in [6, 6.07) is 9.92. The number of unbranched alkanes of at least 4 members (excludes halogenated alkanes) is 2. The molecule has 16 amide bonds. The molecule has 0 aromatic heterocycles. The van der Waals surface area contributed by atoms with Gasteiger partial charge in [0.05, 0.1) is 37.2 Å². The highest BCUT2D eigenvalue weighted by atomic mass is 32.2. The van der Waals surface area contributed by atoms with E-state index >= 15 is 0 Å². The number of amides is 16. The highest BCUT2D eigenvalue weighted by molar-refractivity contribution is 7.98. The maximum atomic E-state index is 14.8. The Balaban J connectivity index is 1.25. The van der Waals surface area contributed by atoms with Crippen LogP contribution in [0, 0.1) is 17.2 Å². The molecule has 14 atom stereocenters. The van der Waals surface area contributed by atoms with E-state index in [0.29, 0.717) is 47.3 Å². The fraction of sp³-hybridized carbons (Fsp3) is 0.516. The molecular formula is C95H141N25O24S2. The molecule has 0 spiro atoms. The zero-order valence-corrected chi connectivity index (χ0v) is 84.8. The number of anilines is 2. The van der Waals surface area contributed by atoms with Gasteiger partial charge < -0.3 is 139 Å². The van der Waals surface area contributed by atoms with Crippen molar-refractivity contribution in [3.8, 4) is 0 Å². The van der Waals surface area contributed by atoms with Gasteiger partial charge >= 0.3 is 5.97 Å². The van der Waals surface area contributed by atoms with Gasteiger partial charge in [-0.3, -0.25) is 91.5 Å². The summed E-state index contributed by atoms with van der Waals surface area (Å²) in [6.07, 6.45) is -1.33. The van der Waals surface area contributed by atoms with Gasteiger partial charge in [0.25, 0.3) is 16.0 Å². The maximum absolute atomic E-state index is 14.8. The molecule has 0 fully saturated rings. The first-order chi connectivity index (χ1) is 69.2. The summed E-state index contributed by atoms with van der Waals surface area (Å²) >= 11 is 1.29. The second-order valence-electron chi connectivity index (χ2n) is 35.5. The number of azo groups is 1. The molecule has 5 aromatic rings. The molecule has 0 saturated carbocycles. The molecule has 0 heterocycles. The Kier molecular flexibility index (Phi) is 53.0. The van der Waals surface area contributed by atoms with Crippen molar-refractivity contribution in [2.24, 2.45) is 45.0 Å². The van der Waals surface area contributed by atoms with Crippen molar-refractivity contribution in [3.63, 3.8) is 0 Å². The van der Waals surface area contributed by atoms with Crippen molar-refractivity contribution in [2.45, 2.75) is 227 Å². The molecule has 49 nitrogen and oxygen atoms in total. The van der Waals surface area contributed by atoms with Crippen molar-refractivity contribution in [3.05, 3.63) is 126 Å². The Morgan fingerprint density at radius 2 is 0.904 bits per heavy atom. The normalized spacial score (nSPS) is 14.2. The number of nitrogens with one attached hydrogen (secondary N) is 18. The van der Waals surface area contributed by atoms with Crippen LogP contribution in [0.25, 0.3) is 10.8 Å². The first kappa shape index (κ1) is 122. The van der Waals surface area contributed by atoms with Gasteiger partial charge in [0, 0.05) is 80.7 Å². The first-order valence-corrected chi connectivity index (χ1v) is 50.5. The molecule has 0 radical (unpaired) electrons. The summed E-state index contributed by atoms with van der Waals surface area (Å²) in [5, 5.41) is 101. The number of carboxylic acids is 1. The van der Waals surface area contributed by atoms with Gasteiger partial charge in [-0.25, -0.2) is 0 Å². The average molecular weight is 2080 g/mol. The van der Waals surface area contributed by atoms with E-state index in [0.717, 1.165) is 12.6 Å². The first-order valence-electron chi connectivity index (χ1n) is 47.7. The standard InChI is InChI=1S/C95H141N25O24S2/c1-53(2)48-71(113-93(140)79(54(3)4)116-81(128)55(5)105-92(139)74(52-122)115-94(141)80(56(6)123)117-89(136)66(25-14-16-43-97)107-82(129)58-29-31-59(32-30-58)118-119-60-33-35-61(36-34-60)120(7)8)90(137)111-69(37-39-76(98)124)87(134)114-73(51-121)84(131)104-50-77(125)106-72(49-57-20-11-10-12-21-57)91(138)109-67(27-19-44-103-95(99)100)86(133)108-65(24-13-15-42-96)85(132)112-70(41-47-145-9)88(135)110-68(38-40-78(126)127)83(130)102-46-45-101-64-26-17-23-63-62(64)22-18-28-75(63)146(142,143)144/h10-12,17-18,20-23,26,28-36,53-56,65-74,79-80,101,121-123H,13-16,19,24-25,27,37-52,96-97H2,1-9H3,(H2,98,124)(H,102,130)(H,104,131)(H,105,139)(H,106,125)(H,107,129)(H,108,133)(H,109,138)(H,110,135)(H,111,137)(H,112,132)(H,113,140)(H,114,134)(H,115,141)(H,116,128)(H,117,136)(H,126,127)(H4,99,100,103)(H,142,143,144)/t55-,56+,65-,66-,67-,68-,69-,70-,71-,72-,73-,74-,79-,80-/m0/s1. The predicted molar refractivity (Wildman–Crippen MR) is 543 cm³/mol. The van der Waals surface area contributed by atoms with Crippen LogP contribution < -0.4 is 118 Å². The number of hydrogen-bond donors (Lipinski definition) is 27. The van der Waals surface area contributed by atoms with Gasteiger partial charge in [0.15, 0.2) is 5.96 Å². The van der Waals surface area contributed by atoms with Crippen LogP contribution in [0.2, 0.25) is 0 Å². The van der Waals surface area contributed by atoms with Crippen LogP contribution in [-0.2, 0) is 93.3 Å². The smallest absolute Gasteiger partial charge is 0.303 e. The van der Waals surface area contributed by atoms with Crippen molar-refractivity contribution >= 4 is 162 Å². The quantitative estimate of drug-likeness (QED) is 0.00632. The highest BCUT2D eigenvalue weighted by Crippen LogP contribution is 2.30. The molecule has 0 aliphatic carbocycles. The lowest BCUT2D eigenvalue weighted by Crippen LogP contribution is -2.62. The molecule has 0 unspecified atom stereocenters. The second-order valence-corrected chi connectivity index (χ2v) is 37.9. The summed E-state index contributed by atoms with van der Waals surface area (Å²) in [6.45, 7) is 5.88. The topological polar surface area (TPSA) is 786 Å². The van der Waals surface area contributed by atoms with Crippen molar-refractivity contribution in [2.75, 3.05) is 88.8 Å². The molecule has 5 rings (SSSR count). The van der Waals surface area contributed by atoms with Gasteiger partial charge in [-0.05, 0) is 194 Å². The summed E-state index contributed by atoms with van der Waals surface area (Å²) in [4.78, 5) is 238. The average Bonchev–Trinajstić information content (AvgIpc) is 0.782. The third-order valence-electron chi connectivity index (χ3n) is 22.7. The number of carboxylic acid groups (broad SMARTS) is 1. The Morgan fingerprint density at radius 3 is 1.42 bits per heavy atom. The summed E-state index contributed by atoms with van der Waals surface area (Å²) in [7, 11) is -0.797. The number of aliphatic hydroxyl groups is 3. The number of aliphatic carboxylic acids is 1. The second kappa shape index (κ2) is 63.2. The molecule has 0 aliphatic rings. The number of primary amides is 1. The number of carbonyl (C=O) groups is 17. The minimum Gasteiger partial charge on any atom is -0.481 e. The maximum Gasteiger partial charge on any atom is 0.303 e. The summed E-state index contributed by atoms with van der Waals surface area (Å²) in [5.41, 5.74) is 25.6. The van der Waals surface area contributed by atoms with Gasteiger partial charge in [-0.15, -0.1) is 0 Å². The van der Waals surface area contributed by atoms with E-state index in [2.05, 4.69) is 101 Å². The number of carbonyl (C=O) groups excluding carboxylic acids is 16. The van der Waals surface area contributed by atoms with Crippen molar-refractivity contribution < 1.29 is 115 Å². The number of thioether (sulfide) groups is 1. The molecule has 0 saturated heterocycles. The number of aliphatic hydroxyl groups excluding tert-OH is 3. The minimum atomic E-state index is -4.60. The van der Waals surface area contributed by atoms with Crippen LogP contribution >= 0.6 is 11.8 Å². The molecular weight excluding hydrogens is 1940 g/mol. The van der Waals surface area contributed by atoms with Crippen LogP contribution in [-0.4, -0.2) is 303 Å². The minimum absolute atomic E-state index is 0.0152. The molecule has 0 aliphatic heterocycles. The lowest BCUT2D eigenvalue weighted by atomic mass is 9.99. The van der Waals surface area contributed by atoms with Crippen LogP contribution in [0.5, 0.6) is 0 Å². The molecule has 5 aromatic carbocycles. The monoisotopic (exact) mass is 2080 g/mol. The number of benzene rings is 5. The highest BCUT2D eigenvalue weighted by Gasteiger charge is 2.39. The van der Waals surface area contributed by atoms with Crippen molar-refractivity contribution in [1.29, 1.82) is 5.41 Å². The van der Waals surface area contributed by atoms with E-state index in [9.17, 15) is 115 Å². The summed E-state index contributed by atoms with van der Waals surface area (Å²) < 4.78 is 34.0. The van der Waals surface area contributed by atoms with E-state index < -0.39 is 253 Å². The molecule has 802 valence electrons. The lowest BCUT2D eigenvalue weighted by molar-refractivity contribution is -0.138. The Hall–Kier alpha value is -14.1. The predicted octanol–water partition coefficient (Wildman–Crippen LogP) is -2.44. The van der Waals surface area contributed by atoms with E-state index in [-0.39, 0.29) is 112 Å². The largest absolute Gasteiger partial charge is 0.481 e. The number of nitrogens with zero attached hydrogens (tertiary/aromatic N) is 3. The number of nitrogens with two attached hydrogens (primary N) is 4. The van der Waals surface area contributed by atoms with Gasteiger partial charge in [0.1, 0.15) is 83.4 Å². The van der Waals surface area contributed by atoms with E-state index in [1.807, 2.05) is 31.1 Å². The number of fused-ring (bicyclic) bond motifs is 1. The fourth-order valence-corrected chi connectivity index (χ4v) is 15.8. The fourth-order valence-electron chi connectivity index (χ4n) is 14.6. The van der Waals surface area contributed by atoms with Crippen LogP contribution in [0.1, 0.15) is 147 Å². The number of guanidine groups is 1. The van der Waals surface area contributed by atoms with Gasteiger partial charge in [-0.2, -0.15) is 30.4 Å². The Morgan fingerprint density at radius 1 is 0.445 bits per heavy atom.